The molecule has 0 rings (SSSR count). The van der Waals surface area contributed by atoms with E-state index in [4.69, 9.17) is 9.47 Å². The maximum absolute atomic E-state index is 4.84. The first-order valence-electron chi connectivity index (χ1n) is 2.60. The molecule has 0 unspecified atom stereocenters. The third-order valence-corrected chi connectivity index (χ3v) is 0.781. The van der Waals surface area contributed by atoms with Crippen LogP contribution in [0.15, 0.2) is 0 Å². The van der Waals surface area contributed by atoms with Crippen molar-refractivity contribution in [2.75, 3.05) is 27.4 Å². The summed E-state index contributed by atoms with van der Waals surface area (Å²) in [5, 5.41) is 0. The Labute approximate surface area is 50.8 Å². The summed E-state index contributed by atoms with van der Waals surface area (Å²) in [5.74, 6) is 1.22. The largest absolute Gasteiger partial charge is 0.384 e. The molecule has 0 spiro atoms. The molecule has 49 valence electrons. The van der Waals surface area contributed by atoms with E-state index in [1.54, 1.807) is 14.2 Å². The second-order valence-electron chi connectivity index (χ2n) is 1.82. The van der Waals surface area contributed by atoms with Gasteiger partial charge in [0.2, 0.25) is 0 Å². The molecule has 0 saturated carbocycles. The van der Waals surface area contributed by atoms with Crippen LogP contribution in [-0.2, 0) is 9.47 Å². The van der Waals surface area contributed by atoms with Crippen molar-refractivity contribution in [1.29, 1.82) is 0 Å². The molecule has 0 saturated heterocycles. The van der Waals surface area contributed by atoms with Gasteiger partial charge in [-0.25, -0.2) is 0 Å². The third-order valence-electron chi connectivity index (χ3n) is 0.781. The van der Waals surface area contributed by atoms with Gasteiger partial charge < -0.3 is 9.47 Å². The van der Waals surface area contributed by atoms with Crippen molar-refractivity contribution < 1.29 is 9.47 Å². The van der Waals surface area contributed by atoms with Crippen LogP contribution in [0.25, 0.3) is 0 Å². The predicted molar refractivity (Wildman–Crippen MR) is 32.7 cm³/mol. The van der Waals surface area contributed by atoms with E-state index >= 15 is 0 Å². The summed E-state index contributed by atoms with van der Waals surface area (Å²) in [4.78, 5) is 0. The van der Waals surface area contributed by atoms with E-state index < -0.39 is 0 Å². The molecular formula is C6H13O2. The molecule has 0 bridgehead atoms. The Morgan fingerprint density at radius 3 is 1.75 bits per heavy atom. The molecule has 0 aromatic rings. The van der Waals surface area contributed by atoms with Crippen molar-refractivity contribution in [3.63, 3.8) is 0 Å². The Morgan fingerprint density at radius 2 is 1.50 bits per heavy atom. The topological polar surface area (TPSA) is 18.5 Å². The fourth-order valence-corrected chi connectivity index (χ4v) is 0.534. The highest BCUT2D eigenvalue weighted by atomic mass is 16.5. The summed E-state index contributed by atoms with van der Waals surface area (Å²) in [6, 6.07) is 0. The Bertz CT molecular complexity index is 39.8. The zero-order chi connectivity index (χ0) is 6.41. The molecule has 0 amide bonds. The molecule has 8 heavy (non-hydrogen) atoms. The monoisotopic (exact) mass is 117 g/mol. The molecule has 0 aliphatic carbocycles. The summed E-state index contributed by atoms with van der Waals surface area (Å²) >= 11 is 0. The number of methoxy groups -OCH3 is 2. The van der Waals surface area contributed by atoms with Gasteiger partial charge in [-0.15, -0.1) is 0 Å². The van der Waals surface area contributed by atoms with Gasteiger partial charge in [0.25, 0.3) is 0 Å². The number of hydrogen-bond donors (Lipinski definition) is 0. The van der Waals surface area contributed by atoms with Crippen LogP contribution in [-0.4, -0.2) is 27.4 Å². The third kappa shape index (κ3) is 4.09. The van der Waals surface area contributed by atoms with E-state index in [-0.39, 0.29) is 0 Å². The van der Waals surface area contributed by atoms with Crippen LogP contribution in [0.3, 0.4) is 0 Å². The smallest absolute Gasteiger partial charge is 0.0545 e. The highest BCUT2D eigenvalue weighted by Gasteiger charge is 1.98. The van der Waals surface area contributed by atoms with Gasteiger partial charge in [0, 0.05) is 20.1 Å². The van der Waals surface area contributed by atoms with Crippen LogP contribution in [0.4, 0.5) is 0 Å². The van der Waals surface area contributed by atoms with Gasteiger partial charge in [-0.3, -0.25) is 0 Å². The average Bonchev–Trinajstić information content (AvgIpc) is 1.68. The maximum atomic E-state index is 4.84. The highest BCUT2D eigenvalue weighted by Crippen LogP contribution is 1.96. The molecule has 2 nitrogen and oxygen atoms in total. The van der Waals surface area contributed by atoms with Crippen molar-refractivity contribution in [3.8, 4) is 0 Å². The van der Waals surface area contributed by atoms with Crippen molar-refractivity contribution in [2.45, 2.75) is 6.92 Å². The van der Waals surface area contributed by atoms with E-state index in [2.05, 4.69) is 0 Å². The first-order valence-corrected chi connectivity index (χ1v) is 2.60. The van der Waals surface area contributed by atoms with E-state index in [0.29, 0.717) is 13.2 Å². The minimum absolute atomic E-state index is 0.702. The number of hydrogen-bond acceptors (Lipinski definition) is 2. The van der Waals surface area contributed by atoms with Gasteiger partial charge in [-0.2, -0.15) is 0 Å². The van der Waals surface area contributed by atoms with Crippen LogP contribution in [0.5, 0.6) is 0 Å². The first-order chi connectivity index (χ1) is 3.81. The van der Waals surface area contributed by atoms with Crippen molar-refractivity contribution in [3.05, 3.63) is 5.92 Å². The van der Waals surface area contributed by atoms with Crippen LogP contribution in [0.1, 0.15) is 6.92 Å². The fraction of sp³-hybridized carbons (Fsp3) is 0.833. The normalized spacial score (nSPS) is 10.5. The lowest BCUT2D eigenvalue weighted by atomic mass is 10.2. The summed E-state index contributed by atoms with van der Waals surface area (Å²) in [6.45, 7) is 3.41. The van der Waals surface area contributed by atoms with Crippen LogP contribution < -0.4 is 0 Å². The standard InChI is InChI=1S/C6H13O2/c1-6(4-7-2)5-8-3/h4-5H2,1-3H3. The zero-order valence-corrected chi connectivity index (χ0v) is 5.73. The number of ether oxygens (including phenoxy) is 2. The Morgan fingerprint density at radius 1 is 1.12 bits per heavy atom. The predicted octanol–water partition coefficient (Wildman–Crippen LogP) is 0.874. The van der Waals surface area contributed by atoms with Crippen LogP contribution in [0.2, 0.25) is 0 Å². The van der Waals surface area contributed by atoms with E-state index in [9.17, 15) is 0 Å². The van der Waals surface area contributed by atoms with Crippen molar-refractivity contribution in [2.24, 2.45) is 0 Å². The molecule has 2 heteroatoms. The second kappa shape index (κ2) is 5.06. The Balaban J connectivity index is 2.92. The summed E-state index contributed by atoms with van der Waals surface area (Å²) in [6.07, 6.45) is 0. The Hall–Kier alpha value is -0.0800. The second-order valence-corrected chi connectivity index (χ2v) is 1.82. The van der Waals surface area contributed by atoms with Gasteiger partial charge in [-0.05, 0) is 0 Å². The summed E-state index contributed by atoms with van der Waals surface area (Å²) in [7, 11) is 3.36. The molecule has 1 radical (unpaired) electrons. The lowest BCUT2D eigenvalue weighted by molar-refractivity contribution is 0.158. The molecule has 0 aromatic heterocycles. The molecule has 0 heterocycles. The molecule has 0 aliphatic heterocycles. The minimum atomic E-state index is 0.702. The molecule has 0 N–H and O–H groups in total. The quantitative estimate of drug-likeness (QED) is 0.544. The van der Waals surface area contributed by atoms with E-state index in [1.807, 2.05) is 6.92 Å². The lowest BCUT2D eigenvalue weighted by Gasteiger charge is -2.05. The summed E-state index contributed by atoms with van der Waals surface area (Å²) < 4.78 is 9.68. The van der Waals surface area contributed by atoms with Crippen molar-refractivity contribution in [1.82, 2.24) is 0 Å². The summed E-state index contributed by atoms with van der Waals surface area (Å²) in [5.41, 5.74) is 0. The van der Waals surface area contributed by atoms with Crippen LogP contribution in [0, 0.1) is 5.92 Å². The highest BCUT2D eigenvalue weighted by molar-refractivity contribution is 4.82. The molecule has 0 aliphatic rings. The average molecular weight is 117 g/mol. The van der Waals surface area contributed by atoms with Gasteiger partial charge in [0.15, 0.2) is 0 Å². The van der Waals surface area contributed by atoms with Crippen molar-refractivity contribution >= 4 is 0 Å². The molecule has 0 fully saturated rings. The van der Waals surface area contributed by atoms with Crippen LogP contribution >= 0.6 is 0 Å². The van der Waals surface area contributed by atoms with E-state index in [1.165, 1.54) is 5.92 Å². The SMILES string of the molecule is COC[C](C)COC. The Kier molecular flexibility index (Phi) is 5.01. The van der Waals surface area contributed by atoms with E-state index in [0.717, 1.165) is 0 Å². The van der Waals surface area contributed by atoms with Gasteiger partial charge in [0.05, 0.1) is 13.2 Å². The lowest BCUT2D eigenvalue weighted by Crippen LogP contribution is -2.07. The van der Waals surface area contributed by atoms with Gasteiger partial charge in [-0.1, -0.05) is 6.92 Å². The number of rotatable bonds is 4. The van der Waals surface area contributed by atoms with Gasteiger partial charge >= 0.3 is 0 Å². The zero-order valence-electron chi connectivity index (χ0n) is 5.73. The minimum Gasteiger partial charge on any atom is -0.384 e. The maximum Gasteiger partial charge on any atom is 0.0545 e. The molecular weight excluding hydrogens is 104 g/mol. The molecule has 0 atom stereocenters. The molecule has 0 aromatic carbocycles. The first kappa shape index (κ1) is 7.92. The fourth-order valence-electron chi connectivity index (χ4n) is 0.534. The van der Waals surface area contributed by atoms with Gasteiger partial charge in [0.1, 0.15) is 0 Å².